The van der Waals surface area contributed by atoms with Gasteiger partial charge in [0.1, 0.15) is 0 Å². The predicted octanol–water partition coefficient (Wildman–Crippen LogP) is 2.21. The van der Waals surface area contributed by atoms with E-state index in [2.05, 4.69) is 26.6 Å². The molecule has 0 amide bonds. The molecule has 0 N–H and O–H groups in total. The van der Waals surface area contributed by atoms with E-state index < -0.39 is 9.04 Å². The first-order chi connectivity index (χ1) is 5.70. The van der Waals surface area contributed by atoms with Crippen molar-refractivity contribution in [3.63, 3.8) is 0 Å². The molecule has 74 valence electrons. The molecular weight excluding hydrogens is 168 g/mol. The van der Waals surface area contributed by atoms with Gasteiger partial charge in [-0.2, -0.15) is 0 Å². The molecule has 2 atom stereocenters. The lowest BCUT2D eigenvalue weighted by Gasteiger charge is -2.13. The molecule has 0 aromatic rings. The first-order valence-electron chi connectivity index (χ1n) is 4.35. The van der Waals surface area contributed by atoms with E-state index in [0.29, 0.717) is 0 Å². The highest BCUT2D eigenvalue weighted by atomic mass is 28.3. The van der Waals surface area contributed by atoms with Gasteiger partial charge in [0, 0.05) is 7.11 Å². The zero-order valence-corrected chi connectivity index (χ0v) is 9.95. The fraction of sp³-hybridized carbons (Fsp3) is 0.778. The number of methoxy groups -OCH3 is 1. The third-order valence-electron chi connectivity index (χ3n) is 1.59. The SMILES string of the molecule is C=C.CC[SiH](C)OCC(C)OC. The van der Waals surface area contributed by atoms with Crippen molar-refractivity contribution >= 4 is 9.04 Å². The summed E-state index contributed by atoms with van der Waals surface area (Å²) in [6.07, 6.45) is 0.251. The van der Waals surface area contributed by atoms with Gasteiger partial charge in [-0.25, -0.2) is 0 Å². The fourth-order valence-electron chi connectivity index (χ4n) is 0.486. The smallest absolute Gasteiger partial charge is 0.173 e. The maximum atomic E-state index is 5.56. The van der Waals surface area contributed by atoms with Crippen molar-refractivity contribution < 1.29 is 9.16 Å². The minimum Gasteiger partial charge on any atom is -0.418 e. The van der Waals surface area contributed by atoms with Gasteiger partial charge < -0.3 is 9.16 Å². The molecule has 2 nitrogen and oxygen atoms in total. The van der Waals surface area contributed by atoms with E-state index in [1.54, 1.807) is 7.11 Å². The lowest BCUT2D eigenvalue weighted by molar-refractivity contribution is 0.0710. The van der Waals surface area contributed by atoms with Gasteiger partial charge in [-0.15, -0.1) is 13.2 Å². The molecular formula is C9H22O2Si. The molecule has 2 unspecified atom stereocenters. The van der Waals surface area contributed by atoms with E-state index in [1.165, 1.54) is 6.04 Å². The summed E-state index contributed by atoms with van der Waals surface area (Å²) < 4.78 is 10.6. The van der Waals surface area contributed by atoms with Gasteiger partial charge in [0.05, 0.1) is 12.7 Å². The van der Waals surface area contributed by atoms with Gasteiger partial charge in [0.2, 0.25) is 0 Å². The molecule has 0 radical (unpaired) electrons. The van der Waals surface area contributed by atoms with E-state index >= 15 is 0 Å². The van der Waals surface area contributed by atoms with Crippen molar-refractivity contribution in [2.24, 2.45) is 0 Å². The van der Waals surface area contributed by atoms with E-state index in [1.807, 2.05) is 6.92 Å². The van der Waals surface area contributed by atoms with Gasteiger partial charge in [0.25, 0.3) is 0 Å². The zero-order chi connectivity index (χ0) is 9.98. The highest BCUT2D eigenvalue weighted by Crippen LogP contribution is 1.95. The van der Waals surface area contributed by atoms with Crippen LogP contribution in [-0.2, 0) is 9.16 Å². The molecule has 3 heteroatoms. The average molecular weight is 190 g/mol. The third kappa shape index (κ3) is 9.88. The second kappa shape index (κ2) is 10.9. The van der Waals surface area contributed by atoms with Crippen molar-refractivity contribution in [2.75, 3.05) is 13.7 Å². The maximum absolute atomic E-state index is 5.56. The molecule has 0 aliphatic rings. The monoisotopic (exact) mass is 190 g/mol. The Bertz CT molecular complexity index is 78.6. The first-order valence-corrected chi connectivity index (χ1v) is 6.79. The fourth-order valence-corrected chi connectivity index (χ4v) is 1.32. The summed E-state index contributed by atoms with van der Waals surface area (Å²) in [4.78, 5) is 0. The number of hydrogen-bond donors (Lipinski definition) is 0. The molecule has 0 aliphatic carbocycles. The first kappa shape index (κ1) is 14.4. The minimum absolute atomic E-state index is 0.251. The van der Waals surface area contributed by atoms with Crippen molar-refractivity contribution in [2.45, 2.75) is 32.5 Å². The lowest BCUT2D eigenvalue weighted by atomic mass is 10.4. The van der Waals surface area contributed by atoms with Gasteiger partial charge in [0.15, 0.2) is 9.04 Å². The number of rotatable bonds is 5. The quantitative estimate of drug-likeness (QED) is 0.489. The van der Waals surface area contributed by atoms with Crippen molar-refractivity contribution in [3.05, 3.63) is 13.2 Å². The highest BCUT2D eigenvalue weighted by molar-refractivity contribution is 6.49. The Labute approximate surface area is 78.3 Å². The van der Waals surface area contributed by atoms with E-state index in [9.17, 15) is 0 Å². The summed E-state index contributed by atoms with van der Waals surface area (Å²) in [6.45, 7) is 13.2. The minimum atomic E-state index is -0.831. The molecule has 0 heterocycles. The van der Waals surface area contributed by atoms with Gasteiger partial charge in [-0.1, -0.05) is 6.92 Å². The molecule has 0 saturated heterocycles. The normalized spacial score (nSPS) is 14.3. The predicted molar refractivity (Wildman–Crippen MR) is 57.2 cm³/mol. The van der Waals surface area contributed by atoms with Crippen LogP contribution in [0.2, 0.25) is 12.6 Å². The number of ether oxygens (including phenoxy) is 1. The topological polar surface area (TPSA) is 18.5 Å². The molecule has 0 rings (SSSR count). The van der Waals surface area contributed by atoms with Crippen LogP contribution in [0, 0.1) is 0 Å². The van der Waals surface area contributed by atoms with Crippen molar-refractivity contribution in [3.8, 4) is 0 Å². The van der Waals surface area contributed by atoms with Crippen LogP contribution < -0.4 is 0 Å². The van der Waals surface area contributed by atoms with Crippen LogP contribution in [0.15, 0.2) is 13.2 Å². The van der Waals surface area contributed by atoms with Crippen LogP contribution in [0.25, 0.3) is 0 Å². The van der Waals surface area contributed by atoms with Crippen molar-refractivity contribution in [1.82, 2.24) is 0 Å². The Hall–Kier alpha value is -0.123. The number of hydrogen-bond acceptors (Lipinski definition) is 2. The Morgan fingerprint density at radius 2 is 1.92 bits per heavy atom. The molecule has 0 fully saturated rings. The molecule has 12 heavy (non-hydrogen) atoms. The van der Waals surface area contributed by atoms with Gasteiger partial charge in [-0.3, -0.25) is 0 Å². The van der Waals surface area contributed by atoms with Crippen LogP contribution >= 0.6 is 0 Å². The van der Waals surface area contributed by atoms with Crippen LogP contribution in [0.5, 0.6) is 0 Å². The van der Waals surface area contributed by atoms with Crippen LogP contribution in [0.1, 0.15) is 13.8 Å². The second-order valence-electron chi connectivity index (χ2n) is 2.60. The molecule has 0 saturated carbocycles. The summed E-state index contributed by atoms with van der Waals surface area (Å²) >= 11 is 0. The Kier molecular flexibility index (Phi) is 13.1. The summed E-state index contributed by atoms with van der Waals surface area (Å²) in [6, 6.07) is 1.20. The van der Waals surface area contributed by atoms with E-state index in [0.717, 1.165) is 6.61 Å². The Balaban J connectivity index is 0. The molecule has 0 spiro atoms. The van der Waals surface area contributed by atoms with Crippen LogP contribution in [0.4, 0.5) is 0 Å². The Morgan fingerprint density at radius 3 is 2.25 bits per heavy atom. The van der Waals surface area contributed by atoms with Crippen LogP contribution in [-0.4, -0.2) is 28.9 Å². The largest absolute Gasteiger partial charge is 0.418 e. The zero-order valence-electron chi connectivity index (χ0n) is 8.80. The van der Waals surface area contributed by atoms with Crippen LogP contribution in [0.3, 0.4) is 0 Å². The Morgan fingerprint density at radius 1 is 1.42 bits per heavy atom. The van der Waals surface area contributed by atoms with Crippen molar-refractivity contribution in [1.29, 1.82) is 0 Å². The van der Waals surface area contributed by atoms with E-state index in [4.69, 9.17) is 9.16 Å². The molecule has 0 aromatic heterocycles. The second-order valence-corrected chi connectivity index (χ2v) is 5.37. The van der Waals surface area contributed by atoms with E-state index in [-0.39, 0.29) is 6.10 Å². The summed E-state index contributed by atoms with van der Waals surface area (Å²) in [5, 5.41) is 0. The standard InChI is InChI=1S/C7H18O2Si.C2H4/c1-5-10(4)9-6-7(2)8-3;1-2/h7,10H,5-6H2,1-4H3;1-2H2. The molecule has 0 aliphatic heterocycles. The summed E-state index contributed by atoms with van der Waals surface area (Å²) in [5.74, 6) is 0. The summed E-state index contributed by atoms with van der Waals surface area (Å²) in [7, 11) is 0.883. The molecule has 0 bridgehead atoms. The molecule has 0 aromatic carbocycles. The maximum Gasteiger partial charge on any atom is 0.173 e. The van der Waals surface area contributed by atoms with Gasteiger partial charge >= 0.3 is 0 Å². The summed E-state index contributed by atoms with van der Waals surface area (Å²) in [5.41, 5.74) is 0. The average Bonchev–Trinajstić information content (AvgIpc) is 2.16. The lowest BCUT2D eigenvalue weighted by Crippen LogP contribution is -2.20. The third-order valence-corrected chi connectivity index (χ3v) is 3.50. The highest BCUT2D eigenvalue weighted by Gasteiger charge is 2.03. The van der Waals surface area contributed by atoms with Gasteiger partial charge in [-0.05, 0) is 19.5 Å².